The predicted molar refractivity (Wildman–Crippen MR) is 119 cm³/mol. The number of nitrogens with zero attached hydrogens (tertiary/aromatic N) is 1. The fourth-order valence-electron chi connectivity index (χ4n) is 3.49. The van der Waals surface area contributed by atoms with Crippen molar-refractivity contribution in [2.24, 2.45) is 0 Å². The van der Waals surface area contributed by atoms with Crippen LogP contribution in [0, 0.1) is 0 Å². The van der Waals surface area contributed by atoms with Crippen LogP contribution in [0.25, 0.3) is 22.6 Å². The van der Waals surface area contributed by atoms with Crippen molar-refractivity contribution >= 4 is 22.8 Å². The molecule has 1 atom stereocenters. The first-order valence-electron chi connectivity index (χ1n) is 10.2. The van der Waals surface area contributed by atoms with Crippen LogP contribution in [-0.4, -0.2) is 16.1 Å². The molecule has 0 saturated carbocycles. The second-order valence-electron chi connectivity index (χ2n) is 7.33. The van der Waals surface area contributed by atoms with Crippen LogP contribution in [0.15, 0.2) is 77.2 Å². The summed E-state index contributed by atoms with van der Waals surface area (Å²) in [4.78, 5) is 15.6. The lowest BCUT2D eigenvalue weighted by Crippen LogP contribution is -2.11. The molecule has 30 heavy (non-hydrogen) atoms. The van der Waals surface area contributed by atoms with Gasteiger partial charge >= 0.3 is 5.97 Å². The monoisotopic (exact) mass is 400 g/mol. The number of rotatable bonds is 8. The number of aromatic carboxylic acids is 1. The number of para-hydroxylation sites is 2. The number of aromatic nitrogens is 1. The molecule has 1 heterocycles. The minimum atomic E-state index is -0.918. The number of hydrogen-bond donors (Lipinski definition) is 2. The largest absolute Gasteiger partial charge is 0.478 e. The van der Waals surface area contributed by atoms with Gasteiger partial charge in [-0.15, -0.1) is 0 Å². The van der Waals surface area contributed by atoms with Crippen molar-refractivity contribution in [3.8, 4) is 11.5 Å². The number of carboxylic acid groups (broad SMARTS) is 1. The summed E-state index contributed by atoms with van der Waals surface area (Å²) in [7, 11) is 0. The van der Waals surface area contributed by atoms with Crippen LogP contribution in [0.1, 0.15) is 48.1 Å². The Kier molecular flexibility index (Phi) is 5.80. The third-order valence-corrected chi connectivity index (χ3v) is 5.17. The minimum absolute atomic E-state index is 0.137. The summed E-state index contributed by atoms with van der Waals surface area (Å²) in [6.07, 6.45) is 3.19. The molecule has 0 radical (unpaired) electrons. The second-order valence-corrected chi connectivity index (χ2v) is 7.33. The van der Waals surface area contributed by atoms with Crippen molar-refractivity contribution in [1.29, 1.82) is 0 Å². The molecule has 0 bridgehead atoms. The summed E-state index contributed by atoms with van der Waals surface area (Å²) in [5, 5.41) is 12.6. The number of unbranched alkanes of at least 4 members (excludes halogenated alkanes) is 1. The predicted octanol–water partition coefficient (Wildman–Crippen LogP) is 6.54. The van der Waals surface area contributed by atoms with E-state index in [0.29, 0.717) is 5.89 Å². The maximum absolute atomic E-state index is 11.1. The fraction of sp³-hybridized carbons (Fsp3) is 0.200. The highest BCUT2D eigenvalue weighted by molar-refractivity contribution is 5.88. The Morgan fingerprint density at radius 3 is 2.43 bits per heavy atom. The van der Waals surface area contributed by atoms with Crippen LogP contribution in [0.4, 0.5) is 5.69 Å². The molecule has 0 aliphatic heterocycles. The molecule has 0 saturated heterocycles. The zero-order chi connectivity index (χ0) is 20.9. The molecule has 2 N–H and O–H groups in total. The van der Waals surface area contributed by atoms with E-state index in [4.69, 9.17) is 9.52 Å². The van der Waals surface area contributed by atoms with E-state index in [0.717, 1.165) is 41.6 Å². The van der Waals surface area contributed by atoms with Crippen LogP contribution in [0.5, 0.6) is 0 Å². The number of carboxylic acids is 1. The average Bonchev–Trinajstić information content (AvgIpc) is 3.21. The first-order chi connectivity index (χ1) is 14.6. The van der Waals surface area contributed by atoms with Gasteiger partial charge in [0.25, 0.3) is 0 Å². The van der Waals surface area contributed by atoms with Gasteiger partial charge in [-0.25, -0.2) is 9.78 Å². The molecule has 0 spiro atoms. The van der Waals surface area contributed by atoms with Gasteiger partial charge in [-0.3, -0.25) is 0 Å². The number of nitrogens with one attached hydrogen (secondary N) is 1. The minimum Gasteiger partial charge on any atom is -0.478 e. The van der Waals surface area contributed by atoms with Crippen molar-refractivity contribution in [2.45, 2.75) is 32.2 Å². The quantitative estimate of drug-likeness (QED) is 0.351. The molecule has 0 aliphatic carbocycles. The number of fused-ring (bicyclic) bond motifs is 1. The number of anilines is 1. The number of benzene rings is 3. The zero-order valence-corrected chi connectivity index (χ0v) is 16.8. The van der Waals surface area contributed by atoms with Crippen molar-refractivity contribution in [3.63, 3.8) is 0 Å². The maximum Gasteiger partial charge on any atom is 0.335 e. The van der Waals surface area contributed by atoms with Crippen LogP contribution in [-0.2, 0) is 0 Å². The zero-order valence-electron chi connectivity index (χ0n) is 16.8. The van der Waals surface area contributed by atoms with Crippen LogP contribution in [0.3, 0.4) is 0 Å². The lowest BCUT2D eigenvalue weighted by molar-refractivity contribution is 0.0697. The van der Waals surface area contributed by atoms with E-state index in [1.165, 1.54) is 5.56 Å². The molecule has 5 heteroatoms. The highest BCUT2D eigenvalue weighted by Crippen LogP contribution is 2.29. The molecule has 0 aliphatic rings. The van der Waals surface area contributed by atoms with Crippen molar-refractivity contribution < 1.29 is 14.3 Å². The Hall–Kier alpha value is -3.60. The summed E-state index contributed by atoms with van der Waals surface area (Å²) in [5.74, 6) is -0.302. The van der Waals surface area contributed by atoms with Crippen LogP contribution < -0.4 is 5.32 Å². The number of oxazole rings is 1. The Labute approximate surface area is 175 Å². The van der Waals surface area contributed by atoms with Gasteiger partial charge in [0.05, 0.1) is 11.6 Å². The second kappa shape index (κ2) is 8.82. The fourth-order valence-corrected chi connectivity index (χ4v) is 3.49. The first-order valence-corrected chi connectivity index (χ1v) is 10.2. The molecule has 1 unspecified atom stereocenters. The molecule has 3 aromatic carbocycles. The SMILES string of the molecule is CCCCC(Nc1ccc(C(=O)O)cc1)c1ccc(-c2nc3ccccc3o2)cc1. The van der Waals surface area contributed by atoms with Crippen molar-refractivity contribution in [1.82, 2.24) is 4.98 Å². The molecule has 0 amide bonds. The number of carbonyl (C=O) groups is 1. The van der Waals surface area contributed by atoms with Gasteiger partial charge in [-0.1, -0.05) is 44.0 Å². The average molecular weight is 400 g/mol. The lowest BCUT2D eigenvalue weighted by Gasteiger charge is -2.21. The smallest absolute Gasteiger partial charge is 0.335 e. The first kappa shape index (κ1) is 19.7. The molecular weight excluding hydrogens is 376 g/mol. The summed E-state index contributed by atoms with van der Waals surface area (Å²) in [6, 6.07) is 23.0. The van der Waals surface area contributed by atoms with E-state index >= 15 is 0 Å². The third kappa shape index (κ3) is 4.35. The van der Waals surface area contributed by atoms with Gasteiger partial charge in [0, 0.05) is 11.3 Å². The maximum atomic E-state index is 11.1. The van der Waals surface area contributed by atoms with E-state index in [-0.39, 0.29) is 11.6 Å². The van der Waals surface area contributed by atoms with Gasteiger partial charge in [0.2, 0.25) is 5.89 Å². The molecular formula is C25H24N2O3. The number of hydrogen-bond acceptors (Lipinski definition) is 4. The third-order valence-electron chi connectivity index (χ3n) is 5.17. The molecule has 4 aromatic rings. The van der Waals surface area contributed by atoms with Crippen LogP contribution in [0.2, 0.25) is 0 Å². The van der Waals surface area contributed by atoms with Gasteiger partial charge < -0.3 is 14.8 Å². The highest BCUT2D eigenvalue weighted by atomic mass is 16.4. The van der Waals surface area contributed by atoms with Gasteiger partial charge in [0.15, 0.2) is 5.58 Å². The summed E-state index contributed by atoms with van der Waals surface area (Å²) in [6.45, 7) is 2.18. The summed E-state index contributed by atoms with van der Waals surface area (Å²) >= 11 is 0. The van der Waals surface area contributed by atoms with E-state index < -0.39 is 5.97 Å². The van der Waals surface area contributed by atoms with Crippen molar-refractivity contribution in [2.75, 3.05) is 5.32 Å². The van der Waals surface area contributed by atoms with Gasteiger partial charge in [0.1, 0.15) is 5.52 Å². The normalized spacial score (nSPS) is 12.0. The Bertz CT molecular complexity index is 1100. The summed E-state index contributed by atoms with van der Waals surface area (Å²) in [5.41, 5.74) is 4.94. The Morgan fingerprint density at radius 1 is 1.03 bits per heavy atom. The van der Waals surface area contributed by atoms with E-state index in [2.05, 4.69) is 29.4 Å². The van der Waals surface area contributed by atoms with Crippen molar-refractivity contribution in [3.05, 3.63) is 83.9 Å². The van der Waals surface area contributed by atoms with E-state index in [1.807, 2.05) is 48.5 Å². The van der Waals surface area contributed by atoms with E-state index in [1.54, 1.807) is 12.1 Å². The van der Waals surface area contributed by atoms with Crippen LogP contribution >= 0.6 is 0 Å². The molecule has 152 valence electrons. The molecule has 0 fully saturated rings. The van der Waals surface area contributed by atoms with E-state index in [9.17, 15) is 4.79 Å². The Morgan fingerprint density at radius 2 is 1.77 bits per heavy atom. The standard InChI is InChI=1S/C25H24N2O3/c1-2-3-6-21(26-20-15-13-19(14-16-20)25(28)29)17-9-11-18(12-10-17)24-27-22-7-4-5-8-23(22)30-24/h4-5,7-16,21,26H,2-3,6H2,1H3,(H,28,29). The van der Waals surface area contributed by atoms with Gasteiger partial charge in [-0.05, 0) is 60.5 Å². The molecule has 1 aromatic heterocycles. The topological polar surface area (TPSA) is 75.4 Å². The van der Waals surface area contributed by atoms with Gasteiger partial charge in [-0.2, -0.15) is 0 Å². The highest BCUT2D eigenvalue weighted by Gasteiger charge is 2.13. The lowest BCUT2D eigenvalue weighted by atomic mass is 9.99. The molecule has 5 nitrogen and oxygen atoms in total. The Balaban J connectivity index is 1.55. The molecule has 4 rings (SSSR count). The summed E-state index contributed by atoms with van der Waals surface area (Å²) < 4.78 is 5.87.